The molecule has 2 unspecified atom stereocenters. The van der Waals surface area contributed by atoms with Crippen LogP contribution < -0.4 is 4.74 Å². The summed E-state index contributed by atoms with van der Waals surface area (Å²) in [4.78, 5) is 0. The van der Waals surface area contributed by atoms with Crippen molar-refractivity contribution >= 4 is 11.4 Å². The fourth-order valence-electron chi connectivity index (χ4n) is 1.65. The fraction of sp³-hybridized carbons (Fsp3) is 0.400. The fourth-order valence-corrected chi connectivity index (χ4v) is 1.95. The lowest BCUT2D eigenvalue weighted by Crippen LogP contribution is -2.25. The first-order valence-corrected chi connectivity index (χ1v) is 5.69. The second kappa shape index (κ2) is 4.74. The van der Waals surface area contributed by atoms with E-state index in [1.165, 1.54) is 0 Å². The summed E-state index contributed by atoms with van der Waals surface area (Å²) in [5.74, 6) is 0.995. The zero-order valence-corrected chi connectivity index (χ0v) is 8.87. The highest BCUT2D eigenvalue weighted by atomic mass is 32.2. The molecule has 1 aliphatic rings. The largest absolute Gasteiger partial charge is 0.750 e. The Morgan fingerprint density at radius 3 is 3.13 bits per heavy atom. The molecule has 1 aliphatic heterocycles. The molecule has 0 fully saturated rings. The highest BCUT2D eigenvalue weighted by Crippen LogP contribution is 2.26. The average Bonchev–Trinajstić information content (AvgIpc) is 2.26. The first kappa shape index (κ1) is 10.6. The van der Waals surface area contributed by atoms with E-state index in [1.54, 1.807) is 0 Å². The van der Waals surface area contributed by atoms with Crippen LogP contribution in [0.4, 0.5) is 0 Å². The van der Waals surface area contributed by atoms with E-state index in [1.807, 2.05) is 24.3 Å². The first-order valence-electron chi connectivity index (χ1n) is 4.69. The standard InChI is InChI=1S/C10H12O4S/c11-15(12)14-7-8-5-9-3-1-2-4-10(9)13-6-8/h1-4,8H,5-7H2,(H,11,12)/p-1. The summed E-state index contributed by atoms with van der Waals surface area (Å²) in [5, 5.41) is 0. The average molecular weight is 227 g/mol. The molecule has 1 aromatic rings. The molecular formula is C10H11O4S-. The molecule has 15 heavy (non-hydrogen) atoms. The molecule has 0 N–H and O–H groups in total. The molecule has 5 heteroatoms. The van der Waals surface area contributed by atoms with E-state index in [-0.39, 0.29) is 12.5 Å². The Hall–Kier alpha value is -0.910. The van der Waals surface area contributed by atoms with E-state index in [0.717, 1.165) is 17.7 Å². The van der Waals surface area contributed by atoms with Gasteiger partial charge in [-0.2, -0.15) is 0 Å². The van der Waals surface area contributed by atoms with Gasteiger partial charge in [0.15, 0.2) is 0 Å². The minimum Gasteiger partial charge on any atom is -0.750 e. The summed E-state index contributed by atoms with van der Waals surface area (Å²) in [5.41, 5.74) is 1.11. The highest BCUT2D eigenvalue weighted by molar-refractivity contribution is 7.74. The Balaban J connectivity index is 1.96. The predicted molar refractivity (Wildman–Crippen MR) is 54.0 cm³/mol. The molecule has 0 spiro atoms. The first-order chi connectivity index (χ1) is 7.25. The van der Waals surface area contributed by atoms with Crippen LogP contribution in [-0.4, -0.2) is 22.0 Å². The predicted octanol–water partition coefficient (Wildman–Crippen LogP) is 1.05. The normalized spacial score (nSPS) is 21.5. The summed E-state index contributed by atoms with van der Waals surface area (Å²) in [6.45, 7) is 0.693. The van der Waals surface area contributed by atoms with Crippen molar-refractivity contribution in [1.82, 2.24) is 0 Å². The van der Waals surface area contributed by atoms with Gasteiger partial charge in [-0.1, -0.05) is 18.2 Å². The van der Waals surface area contributed by atoms with Crippen molar-refractivity contribution in [2.24, 2.45) is 5.92 Å². The SMILES string of the molecule is O=S([O-])OCC1COc2ccccc2C1. The van der Waals surface area contributed by atoms with E-state index < -0.39 is 11.4 Å². The van der Waals surface area contributed by atoms with Gasteiger partial charge >= 0.3 is 0 Å². The minimum absolute atomic E-state index is 0.109. The lowest BCUT2D eigenvalue weighted by atomic mass is 9.98. The van der Waals surface area contributed by atoms with Crippen LogP contribution in [0.25, 0.3) is 0 Å². The molecule has 0 bridgehead atoms. The Kier molecular flexibility index (Phi) is 3.35. The van der Waals surface area contributed by atoms with Gasteiger partial charge in [0.1, 0.15) is 5.75 Å². The van der Waals surface area contributed by atoms with E-state index >= 15 is 0 Å². The van der Waals surface area contributed by atoms with Crippen LogP contribution in [0.3, 0.4) is 0 Å². The van der Waals surface area contributed by atoms with Gasteiger partial charge in [0.2, 0.25) is 0 Å². The lowest BCUT2D eigenvalue weighted by molar-refractivity contribution is 0.160. The maximum atomic E-state index is 10.2. The minimum atomic E-state index is -2.43. The van der Waals surface area contributed by atoms with Crippen LogP contribution in [-0.2, 0) is 22.0 Å². The van der Waals surface area contributed by atoms with Crippen LogP contribution >= 0.6 is 0 Å². The number of hydrogen-bond acceptors (Lipinski definition) is 4. The number of hydrogen-bond donors (Lipinski definition) is 0. The Labute approximate surface area is 90.7 Å². The van der Waals surface area contributed by atoms with Gasteiger partial charge in [-0.15, -0.1) is 0 Å². The second-order valence-corrected chi connectivity index (χ2v) is 4.12. The number of benzene rings is 1. The van der Waals surface area contributed by atoms with E-state index in [4.69, 9.17) is 4.74 Å². The van der Waals surface area contributed by atoms with Crippen LogP contribution in [0.15, 0.2) is 24.3 Å². The van der Waals surface area contributed by atoms with Crippen LogP contribution in [0, 0.1) is 5.92 Å². The zero-order chi connectivity index (χ0) is 10.7. The Bertz CT molecular complexity index is 366. The third-order valence-electron chi connectivity index (χ3n) is 2.36. The second-order valence-electron chi connectivity index (χ2n) is 3.48. The molecule has 0 amide bonds. The molecule has 1 heterocycles. The van der Waals surface area contributed by atoms with Crippen molar-refractivity contribution < 1.29 is 17.7 Å². The van der Waals surface area contributed by atoms with Gasteiger partial charge in [0, 0.05) is 5.92 Å². The monoisotopic (exact) mass is 227 g/mol. The summed E-state index contributed by atoms with van der Waals surface area (Å²) < 4.78 is 30.5. The van der Waals surface area contributed by atoms with Crippen molar-refractivity contribution in [2.75, 3.05) is 13.2 Å². The van der Waals surface area contributed by atoms with E-state index in [2.05, 4.69) is 4.18 Å². The van der Waals surface area contributed by atoms with Gasteiger partial charge in [-0.05, 0) is 18.1 Å². The molecular weight excluding hydrogens is 216 g/mol. The van der Waals surface area contributed by atoms with Gasteiger partial charge in [-0.3, -0.25) is 0 Å². The van der Waals surface area contributed by atoms with Crippen LogP contribution in [0.1, 0.15) is 5.56 Å². The molecule has 2 rings (SSSR count). The van der Waals surface area contributed by atoms with Gasteiger partial charge < -0.3 is 13.5 Å². The number of para-hydroxylation sites is 1. The quantitative estimate of drug-likeness (QED) is 0.724. The molecule has 2 atom stereocenters. The number of rotatable bonds is 3. The molecule has 0 saturated carbocycles. The molecule has 0 aromatic heterocycles. The summed E-state index contributed by atoms with van der Waals surface area (Å²) in [6.07, 6.45) is 0.799. The van der Waals surface area contributed by atoms with E-state index in [9.17, 15) is 8.76 Å². The van der Waals surface area contributed by atoms with Gasteiger partial charge in [0.05, 0.1) is 24.6 Å². The zero-order valence-electron chi connectivity index (χ0n) is 8.05. The van der Waals surface area contributed by atoms with Crippen molar-refractivity contribution in [3.8, 4) is 5.75 Å². The third-order valence-corrected chi connectivity index (χ3v) is 2.68. The smallest absolute Gasteiger partial charge is 0.122 e. The van der Waals surface area contributed by atoms with Crippen molar-refractivity contribution in [3.05, 3.63) is 29.8 Å². The number of ether oxygens (including phenoxy) is 1. The van der Waals surface area contributed by atoms with Crippen LogP contribution in [0.2, 0.25) is 0 Å². The topological polar surface area (TPSA) is 58.6 Å². The molecule has 4 nitrogen and oxygen atoms in total. The summed E-state index contributed by atoms with van der Waals surface area (Å²) in [7, 11) is 0. The molecule has 0 saturated heterocycles. The number of fused-ring (bicyclic) bond motifs is 1. The van der Waals surface area contributed by atoms with Crippen molar-refractivity contribution in [2.45, 2.75) is 6.42 Å². The maximum Gasteiger partial charge on any atom is 0.122 e. The molecule has 0 radical (unpaired) electrons. The molecule has 0 aliphatic carbocycles. The highest BCUT2D eigenvalue weighted by Gasteiger charge is 2.19. The molecule has 1 aromatic carbocycles. The van der Waals surface area contributed by atoms with Gasteiger partial charge in [-0.25, -0.2) is 4.21 Å². The van der Waals surface area contributed by atoms with E-state index in [0.29, 0.717) is 6.61 Å². The lowest BCUT2D eigenvalue weighted by Gasteiger charge is -2.25. The Morgan fingerprint density at radius 2 is 2.33 bits per heavy atom. The van der Waals surface area contributed by atoms with Crippen molar-refractivity contribution in [1.29, 1.82) is 0 Å². The summed E-state index contributed by atoms with van der Waals surface area (Å²) >= 11 is -2.43. The van der Waals surface area contributed by atoms with Gasteiger partial charge in [0.25, 0.3) is 0 Å². The Morgan fingerprint density at radius 1 is 1.53 bits per heavy atom. The van der Waals surface area contributed by atoms with Crippen molar-refractivity contribution in [3.63, 3.8) is 0 Å². The van der Waals surface area contributed by atoms with Crippen LogP contribution in [0.5, 0.6) is 5.75 Å². The molecule has 82 valence electrons. The maximum absolute atomic E-state index is 10.2. The summed E-state index contributed by atoms with van der Waals surface area (Å²) in [6, 6.07) is 7.76. The third kappa shape index (κ3) is 2.77.